The van der Waals surface area contributed by atoms with Crippen LogP contribution in [0.5, 0.6) is 0 Å². The molecule has 0 atom stereocenters. The molecule has 0 spiro atoms. The first-order valence-corrected chi connectivity index (χ1v) is 7.67. The first kappa shape index (κ1) is 16.2. The Morgan fingerprint density at radius 1 is 1.00 bits per heavy atom. The lowest BCUT2D eigenvalue weighted by Gasteiger charge is -2.14. The van der Waals surface area contributed by atoms with Crippen molar-refractivity contribution < 1.29 is 0 Å². The van der Waals surface area contributed by atoms with Gasteiger partial charge in [-0.25, -0.2) is 0 Å². The number of nitriles is 1. The maximum atomic E-state index is 8.79. The highest BCUT2D eigenvalue weighted by Crippen LogP contribution is 2.08. The van der Waals surface area contributed by atoms with E-state index in [1.807, 2.05) is 24.3 Å². The normalized spacial score (nSPS) is 10.6. The van der Waals surface area contributed by atoms with Crippen molar-refractivity contribution in [3.63, 3.8) is 0 Å². The molecule has 22 heavy (non-hydrogen) atoms. The number of nitrogens with one attached hydrogen (secondary N) is 1. The zero-order valence-electron chi connectivity index (χ0n) is 13.3. The molecule has 0 amide bonds. The van der Waals surface area contributed by atoms with Crippen molar-refractivity contribution in [3.8, 4) is 6.07 Å². The lowest BCUT2D eigenvalue weighted by atomic mass is 10.1. The molecule has 3 heteroatoms. The average Bonchev–Trinajstić information content (AvgIpc) is 2.56. The van der Waals surface area contributed by atoms with E-state index in [0.717, 1.165) is 26.2 Å². The molecule has 0 aliphatic heterocycles. The van der Waals surface area contributed by atoms with Gasteiger partial charge in [-0.2, -0.15) is 5.26 Å². The Labute approximate surface area is 133 Å². The molecule has 2 aromatic carbocycles. The summed E-state index contributed by atoms with van der Waals surface area (Å²) in [5, 5.41) is 12.2. The van der Waals surface area contributed by atoms with Crippen LogP contribution in [0, 0.1) is 11.3 Å². The Hall–Kier alpha value is -2.15. The lowest BCUT2D eigenvalue weighted by Crippen LogP contribution is -2.17. The topological polar surface area (TPSA) is 39.1 Å². The Bertz CT molecular complexity index is 626. The van der Waals surface area contributed by atoms with Crippen molar-refractivity contribution in [2.24, 2.45) is 0 Å². The first-order valence-electron chi connectivity index (χ1n) is 7.67. The van der Waals surface area contributed by atoms with Gasteiger partial charge in [-0.05, 0) is 42.4 Å². The molecular formula is C19H23N3. The van der Waals surface area contributed by atoms with E-state index in [4.69, 9.17) is 5.26 Å². The van der Waals surface area contributed by atoms with E-state index in [0.29, 0.717) is 5.56 Å². The molecule has 0 saturated heterocycles. The number of benzene rings is 2. The molecule has 0 aliphatic rings. The van der Waals surface area contributed by atoms with Gasteiger partial charge in [-0.15, -0.1) is 0 Å². The van der Waals surface area contributed by atoms with Crippen LogP contribution in [0.15, 0.2) is 48.5 Å². The second-order valence-electron chi connectivity index (χ2n) is 5.56. The summed E-state index contributed by atoms with van der Waals surface area (Å²) < 4.78 is 0. The SMILES string of the molecule is CCN(C)Cc1cccc(CNCc2ccc(C#N)cc2)c1. The van der Waals surface area contributed by atoms with E-state index in [1.54, 1.807) is 0 Å². The van der Waals surface area contributed by atoms with Crippen molar-refractivity contribution in [2.75, 3.05) is 13.6 Å². The van der Waals surface area contributed by atoms with Crippen LogP contribution in [0.3, 0.4) is 0 Å². The monoisotopic (exact) mass is 293 g/mol. The number of rotatable bonds is 7. The molecule has 0 aliphatic carbocycles. The predicted octanol–water partition coefficient (Wildman–Crippen LogP) is 3.30. The zero-order valence-corrected chi connectivity index (χ0v) is 13.3. The van der Waals surface area contributed by atoms with Gasteiger partial charge in [-0.1, -0.05) is 43.3 Å². The van der Waals surface area contributed by atoms with Gasteiger partial charge in [0, 0.05) is 19.6 Å². The Morgan fingerprint density at radius 3 is 2.36 bits per heavy atom. The third-order valence-electron chi connectivity index (χ3n) is 3.73. The quantitative estimate of drug-likeness (QED) is 0.851. The maximum Gasteiger partial charge on any atom is 0.0991 e. The van der Waals surface area contributed by atoms with Crippen molar-refractivity contribution in [1.29, 1.82) is 5.26 Å². The van der Waals surface area contributed by atoms with Crippen LogP contribution in [-0.2, 0) is 19.6 Å². The van der Waals surface area contributed by atoms with Gasteiger partial charge >= 0.3 is 0 Å². The van der Waals surface area contributed by atoms with Crippen LogP contribution in [0.2, 0.25) is 0 Å². The van der Waals surface area contributed by atoms with Crippen molar-refractivity contribution in [2.45, 2.75) is 26.6 Å². The highest BCUT2D eigenvalue weighted by atomic mass is 15.1. The molecule has 3 nitrogen and oxygen atoms in total. The van der Waals surface area contributed by atoms with Crippen LogP contribution in [0.1, 0.15) is 29.2 Å². The van der Waals surface area contributed by atoms with Crippen LogP contribution >= 0.6 is 0 Å². The number of hydrogen-bond donors (Lipinski definition) is 1. The van der Waals surface area contributed by atoms with Crippen molar-refractivity contribution >= 4 is 0 Å². The van der Waals surface area contributed by atoms with Crippen molar-refractivity contribution in [1.82, 2.24) is 10.2 Å². The fourth-order valence-corrected chi connectivity index (χ4v) is 2.31. The molecule has 1 N–H and O–H groups in total. The molecule has 0 radical (unpaired) electrons. The fourth-order valence-electron chi connectivity index (χ4n) is 2.31. The summed E-state index contributed by atoms with van der Waals surface area (Å²) in [5.41, 5.74) is 4.55. The second-order valence-corrected chi connectivity index (χ2v) is 5.56. The van der Waals surface area contributed by atoms with E-state index >= 15 is 0 Å². The summed E-state index contributed by atoms with van der Waals surface area (Å²) in [6.45, 7) is 5.87. The maximum absolute atomic E-state index is 8.79. The summed E-state index contributed by atoms with van der Waals surface area (Å²) in [7, 11) is 2.13. The van der Waals surface area contributed by atoms with Gasteiger partial charge in [0.1, 0.15) is 0 Å². The third kappa shape index (κ3) is 5.00. The smallest absolute Gasteiger partial charge is 0.0991 e. The van der Waals surface area contributed by atoms with Gasteiger partial charge in [0.25, 0.3) is 0 Å². The van der Waals surface area contributed by atoms with Gasteiger partial charge < -0.3 is 10.2 Å². The number of hydrogen-bond acceptors (Lipinski definition) is 3. The van der Waals surface area contributed by atoms with Crippen LogP contribution in [0.25, 0.3) is 0 Å². The Balaban J connectivity index is 1.86. The minimum absolute atomic E-state index is 0.705. The standard InChI is InChI=1S/C19H23N3/c1-3-22(2)15-19-6-4-5-18(11-19)14-21-13-17-9-7-16(12-20)8-10-17/h4-11,21H,3,13-15H2,1-2H3. The summed E-state index contributed by atoms with van der Waals surface area (Å²) in [6.07, 6.45) is 0. The molecule has 114 valence electrons. The highest BCUT2D eigenvalue weighted by Gasteiger charge is 2.00. The van der Waals surface area contributed by atoms with Gasteiger partial charge in [0.15, 0.2) is 0 Å². The molecule has 2 aromatic rings. The summed E-state index contributed by atoms with van der Waals surface area (Å²) in [6, 6.07) is 18.6. The molecule has 0 heterocycles. The fraction of sp³-hybridized carbons (Fsp3) is 0.316. The molecule has 0 fully saturated rings. The Kier molecular flexibility index (Phi) is 6.14. The van der Waals surface area contributed by atoms with E-state index in [2.05, 4.69) is 54.5 Å². The minimum atomic E-state index is 0.705. The molecule has 0 aromatic heterocycles. The molecule has 0 bridgehead atoms. The average molecular weight is 293 g/mol. The van der Waals surface area contributed by atoms with Crippen molar-refractivity contribution in [3.05, 3.63) is 70.8 Å². The van der Waals surface area contributed by atoms with Crippen LogP contribution in [-0.4, -0.2) is 18.5 Å². The van der Waals surface area contributed by atoms with E-state index in [9.17, 15) is 0 Å². The van der Waals surface area contributed by atoms with E-state index in [1.165, 1.54) is 16.7 Å². The van der Waals surface area contributed by atoms with Crippen LogP contribution in [0.4, 0.5) is 0 Å². The molecular weight excluding hydrogens is 270 g/mol. The highest BCUT2D eigenvalue weighted by molar-refractivity contribution is 5.31. The van der Waals surface area contributed by atoms with E-state index in [-0.39, 0.29) is 0 Å². The van der Waals surface area contributed by atoms with Gasteiger partial charge in [0.05, 0.1) is 11.6 Å². The first-order chi connectivity index (χ1) is 10.7. The number of nitrogens with zero attached hydrogens (tertiary/aromatic N) is 2. The molecule has 0 unspecified atom stereocenters. The minimum Gasteiger partial charge on any atom is -0.309 e. The summed E-state index contributed by atoms with van der Waals surface area (Å²) in [5.74, 6) is 0. The predicted molar refractivity (Wildman–Crippen MR) is 90.2 cm³/mol. The Morgan fingerprint density at radius 2 is 1.68 bits per heavy atom. The van der Waals surface area contributed by atoms with E-state index < -0.39 is 0 Å². The third-order valence-corrected chi connectivity index (χ3v) is 3.73. The van der Waals surface area contributed by atoms with Gasteiger partial charge in [-0.3, -0.25) is 0 Å². The van der Waals surface area contributed by atoms with Crippen LogP contribution < -0.4 is 5.32 Å². The zero-order chi connectivity index (χ0) is 15.8. The lowest BCUT2D eigenvalue weighted by molar-refractivity contribution is 0.345. The summed E-state index contributed by atoms with van der Waals surface area (Å²) >= 11 is 0. The molecule has 0 saturated carbocycles. The largest absolute Gasteiger partial charge is 0.309 e. The molecule has 2 rings (SSSR count). The summed E-state index contributed by atoms with van der Waals surface area (Å²) in [4.78, 5) is 2.29. The second kappa shape index (κ2) is 8.33. The van der Waals surface area contributed by atoms with Gasteiger partial charge in [0.2, 0.25) is 0 Å².